The van der Waals surface area contributed by atoms with Crippen LogP contribution in [0.15, 0.2) is 58.3 Å². The molecule has 0 aromatic heterocycles. The molecule has 0 fully saturated rings. The van der Waals surface area contributed by atoms with Crippen molar-refractivity contribution in [3.05, 3.63) is 54.1 Å². The van der Waals surface area contributed by atoms with Gasteiger partial charge in [-0.05, 0) is 30.3 Å². The molecule has 152 valence electrons. The fraction of sp³-hybridized carbons (Fsp3) is 0. The first-order chi connectivity index (χ1) is 13.4. The van der Waals surface area contributed by atoms with Crippen molar-refractivity contribution in [2.24, 2.45) is 0 Å². The summed E-state index contributed by atoms with van der Waals surface area (Å²) in [5.74, 6) is -1.43. The topological polar surface area (TPSA) is 184 Å². The molecule has 0 aliphatic rings. The lowest BCUT2D eigenvalue weighted by atomic mass is 10.1. The van der Waals surface area contributed by atoms with E-state index in [1.807, 2.05) is 0 Å². The minimum Gasteiger partial charge on any atom is -0.507 e. The number of carbonyl (C=O) groups excluding carboxylic acids is 1. The number of fused-ring (bicyclic) bond motifs is 1. The number of aromatic hydroxyl groups is 1. The van der Waals surface area contributed by atoms with Crippen molar-refractivity contribution >= 4 is 48.3 Å². The molecule has 10 nitrogen and oxygen atoms in total. The van der Waals surface area contributed by atoms with Gasteiger partial charge in [0.05, 0.1) is 16.1 Å². The number of anilines is 2. The van der Waals surface area contributed by atoms with Crippen molar-refractivity contribution in [3.8, 4) is 5.75 Å². The summed E-state index contributed by atoms with van der Waals surface area (Å²) in [7, 11) is -9.64. The van der Waals surface area contributed by atoms with Gasteiger partial charge in [0.15, 0.2) is 0 Å². The molecule has 0 saturated heterocycles. The Bertz CT molecular complexity index is 1370. The number of hydrogen-bond acceptors (Lipinski definition) is 7. The predicted molar refractivity (Wildman–Crippen MR) is 104 cm³/mol. The third-order valence-corrected chi connectivity index (χ3v) is 5.80. The molecule has 0 radical (unpaired) electrons. The molecule has 0 bridgehead atoms. The molecule has 3 aromatic rings. The Labute approximate surface area is 165 Å². The van der Waals surface area contributed by atoms with Crippen molar-refractivity contribution in [3.63, 3.8) is 0 Å². The van der Waals surface area contributed by atoms with Gasteiger partial charge in [0.2, 0.25) is 0 Å². The van der Waals surface area contributed by atoms with Crippen LogP contribution >= 0.6 is 0 Å². The Morgan fingerprint density at radius 1 is 0.931 bits per heavy atom. The van der Waals surface area contributed by atoms with E-state index in [0.717, 1.165) is 18.2 Å². The van der Waals surface area contributed by atoms with Crippen LogP contribution < -0.4 is 11.1 Å². The van der Waals surface area contributed by atoms with E-state index in [-0.39, 0.29) is 22.3 Å². The number of nitrogens with one attached hydrogen (secondary N) is 1. The molecule has 0 aliphatic carbocycles. The number of amides is 1. The van der Waals surface area contributed by atoms with E-state index in [1.54, 1.807) is 12.1 Å². The number of hydrogen-bond donors (Lipinski definition) is 5. The molecule has 0 saturated carbocycles. The molecular formula is C17H14N2O8S2. The molecule has 0 atom stereocenters. The summed E-state index contributed by atoms with van der Waals surface area (Å²) < 4.78 is 64.9. The molecule has 0 unspecified atom stereocenters. The highest BCUT2D eigenvalue weighted by atomic mass is 32.2. The van der Waals surface area contributed by atoms with E-state index in [1.165, 1.54) is 12.1 Å². The second-order valence-corrected chi connectivity index (χ2v) is 8.78. The lowest BCUT2D eigenvalue weighted by Gasteiger charge is -2.14. The zero-order valence-corrected chi connectivity index (χ0v) is 16.0. The summed E-state index contributed by atoms with van der Waals surface area (Å²) >= 11 is 0. The molecule has 29 heavy (non-hydrogen) atoms. The molecule has 6 N–H and O–H groups in total. The number of rotatable bonds is 4. The van der Waals surface area contributed by atoms with Crippen LogP contribution in [0.5, 0.6) is 5.75 Å². The number of phenolic OH excluding ortho intramolecular Hbond substituents is 1. The van der Waals surface area contributed by atoms with Crippen molar-refractivity contribution in [2.45, 2.75) is 9.79 Å². The third-order valence-electron chi connectivity index (χ3n) is 4.06. The molecular weight excluding hydrogens is 424 g/mol. The van der Waals surface area contributed by atoms with Crippen LogP contribution in [0.3, 0.4) is 0 Å². The van der Waals surface area contributed by atoms with Gasteiger partial charge in [-0.1, -0.05) is 12.1 Å². The van der Waals surface area contributed by atoms with E-state index >= 15 is 0 Å². The fourth-order valence-corrected chi connectivity index (χ4v) is 3.99. The summed E-state index contributed by atoms with van der Waals surface area (Å²) in [6.07, 6.45) is 0. The number of benzene rings is 3. The van der Waals surface area contributed by atoms with E-state index in [0.29, 0.717) is 6.07 Å². The van der Waals surface area contributed by atoms with Gasteiger partial charge in [0, 0.05) is 22.5 Å². The lowest BCUT2D eigenvalue weighted by Crippen LogP contribution is -2.14. The highest BCUT2D eigenvalue weighted by molar-refractivity contribution is 7.86. The van der Waals surface area contributed by atoms with Crippen LogP contribution in [0.2, 0.25) is 0 Å². The highest BCUT2D eigenvalue weighted by Crippen LogP contribution is 2.38. The maximum Gasteiger partial charge on any atom is 0.295 e. The van der Waals surface area contributed by atoms with Crippen LogP contribution in [-0.4, -0.2) is 37.0 Å². The number of nitrogen functional groups attached to an aromatic ring is 1. The average Bonchev–Trinajstić information content (AvgIpc) is 2.59. The largest absolute Gasteiger partial charge is 0.507 e. The smallest absolute Gasteiger partial charge is 0.295 e. The van der Waals surface area contributed by atoms with Gasteiger partial charge < -0.3 is 16.2 Å². The standard InChI is InChI=1S/C17H14N2O8S2/c18-12-4-2-1-3-10(12)17(21)19-13-5-6-15(29(25,26)27)11-7-9(28(22,23)24)8-14(20)16(11)13/h1-8,20H,18H2,(H,19,21)(H,22,23,24)(H,25,26,27). The Balaban J connectivity index is 2.27. The first-order valence-corrected chi connectivity index (χ1v) is 10.7. The normalized spacial score (nSPS) is 12.1. The first-order valence-electron chi connectivity index (χ1n) is 7.80. The number of nitrogens with two attached hydrogens (primary N) is 1. The van der Waals surface area contributed by atoms with Gasteiger partial charge in [-0.15, -0.1) is 0 Å². The summed E-state index contributed by atoms with van der Waals surface area (Å²) in [5.41, 5.74) is 5.94. The second kappa shape index (κ2) is 7.00. The predicted octanol–water partition coefficient (Wildman–Crippen LogP) is 1.87. The van der Waals surface area contributed by atoms with E-state index in [4.69, 9.17) is 5.73 Å². The van der Waals surface area contributed by atoms with Gasteiger partial charge in [-0.2, -0.15) is 16.8 Å². The average molecular weight is 438 g/mol. The molecule has 0 spiro atoms. The van der Waals surface area contributed by atoms with Crippen molar-refractivity contribution in [1.29, 1.82) is 0 Å². The monoisotopic (exact) mass is 438 g/mol. The van der Waals surface area contributed by atoms with Gasteiger partial charge in [0.25, 0.3) is 26.1 Å². The van der Waals surface area contributed by atoms with E-state index in [9.17, 15) is 35.8 Å². The van der Waals surface area contributed by atoms with Crippen LogP contribution in [0.25, 0.3) is 10.8 Å². The fourth-order valence-electron chi connectivity index (χ4n) is 2.78. The second-order valence-electron chi connectivity index (χ2n) is 5.97. The third kappa shape index (κ3) is 4.00. The van der Waals surface area contributed by atoms with Crippen LogP contribution in [0, 0.1) is 0 Å². The minimum atomic E-state index is -4.83. The summed E-state index contributed by atoms with van der Waals surface area (Å²) in [6.45, 7) is 0. The Morgan fingerprint density at radius 3 is 2.17 bits per heavy atom. The Kier molecular flexibility index (Phi) is 4.96. The van der Waals surface area contributed by atoms with Crippen molar-refractivity contribution in [2.75, 3.05) is 11.1 Å². The number of carbonyl (C=O) groups is 1. The first kappa shape index (κ1) is 20.5. The van der Waals surface area contributed by atoms with E-state index < -0.39 is 47.1 Å². The lowest BCUT2D eigenvalue weighted by molar-refractivity contribution is 0.102. The summed E-state index contributed by atoms with van der Waals surface area (Å²) in [6, 6.07) is 9.56. The van der Waals surface area contributed by atoms with Gasteiger partial charge in [0.1, 0.15) is 10.6 Å². The molecule has 1 amide bonds. The molecule has 0 aliphatic heterocycles. The number of para-hydroxylation sites is 1. The molecule has 12 heteroatoms. The number of phenols is 1. The highest BCUT2D eigenvalue weighted by Gasteiger charge is 2.23. The van der Waals surface area contributed by atoms with Gasteiger partial charge in [-0.3, -0.25) is 13.9 Å². The maximum absolute atomic E-state index is 12.5. The van der Waals surface area contributed by atoms with Gasteiger partial charge in [-0.25, -0.2) is 0 Å². The Morgan fingerprint density at radius 2 is 1.59 bits per heavy atom. The van der Waals surface area contributed by atoms with Crippen LogP contribution in [-0.2, 0) is 20.2 Å². The van der Waals surface area contributed by atoms with Gasteiger partial charge >= 0.3 is 0 Å². The quantitative estimate of drug-likeness (QED) is 0.299. The SMILES string of the molecule is Nc1ccccc1C(=O)Nc1ccc(S(=O)(=O)O)c2cc(S(=O)(=O)O)cc(O)c12. The van der Waals surface area contributed by atoms with Crippen molar-refractivity contribution < 1.29 is 35.8 Å². The van der Waals surface area contributed by atoms with E-state index in [2.05, 4.69) is 5.32 Å². The zero-order chi connectivity index (χ0) is 21.6. The molecule has 3 rings (SSSR count). The van der Waals surface area contributed by atoms with Crippen molar-refractivity contribution in [1.82, 2.24) is 0 Å². The summed E-state index contributed by atoms with van der Waals surface area (Å²) in [4.78, 5) is 11.0. The summed E-state index contributed by atoms with van der Waals surface area (Å²) in [5, 5.41) is 12.0. The Hall–Kier alpha value is -3.19. The van der Waals surface area contributed by atoms with Crippen LogP contribution in [0.1, 0.15) is 10.4 Å². The van der Waals surface area contributed by atoms with Crippen LogP contribution in [0.4, 0.5) is 11.4 Å². The zero-order valence-electron chi connectivity index (χ0n) is 14.4. The molecule has 0 heterocycles. The molecule has 3 aromatic carbocycles. The minimum absolute atomic E-state index is 0.0833. The maximum atomic E-state index is 12.5.